The molecule has 2 N–H and O–H groups in total. The molecule has 0 spiro atoms. The summed E-state index contributed by atoms with van der Waals surface area (Å²) in [6.45, 7) is 0.458. The number of carbonyl (C=O) groups excluding carboxylic acids is 1. The van der Waals surface area contributed by atoms with E-state index in [1.807, 2.05) is 0 Å². The summed E-state index contributed by atoms with van der Waals surface area (Å²) in [5, 5.41) is 11.3. The van der Waals surface area contributed by atoms with Crippen LogP contribution >= 0.6 is 0 Å². The fourth-order valence-corrected chi connectivity index (χ4v) is 1.44. The van der Waals surface area contributed by atoms with Gasteiger partial charge in [0.1, 0.15) is 17.1 Å². The van der Waals surface area contributed by atoms with Crippen molar-refractivity contribution in [1.82, 2.24) is 5.32 Å². The summed E-state index contributed by atoms with van der Waals surface area (Å²) >= 11 is 0. The van der Waals surface area contributed by atoms with E-state index in [4.69, 9.17) is 14.6 Å². The number of amides is 1. The highest BCUT2D eigenvalue weighted by Gasteiger charge is 2.17. The Morgan fingerprint density at radius 3 is 2.35 bits per heavy atom. The number of rotatable bonds is 6. The van der Waals surface area contributed by atoms with Gasteiger partial charge in [-0.15, -0.1) is 0 Å². The van der Waals surface area contributed by atoms with E-state index >= 15 is 0 Å². The highest BCUT2D eigenvalue weighted by atomic mass is 16.5. The van der Waals surface area contributed by atoms with Gasteiger partial charge in [0.2, 0.25) is 0 Å². The zero-order valence-corrected chi connectivity index (χ0v) is 10.0. The number of ether oxygens (including phenoxy) is 2. The van der Waals surface area contributed by atoms with Crippen LogP contribution in [0.1, 0.15) is 16.8 Å². The molecule has 0 aliphatic heterocycles. The fraction of sp³-hybridized carbons (Fsp3) is 0.417. The number of aliphatic hydroxyl groups excluding tert-OH is 1. The van der Waals surface area contributed by atoms with Crippen molar-refractivity contribution < 1.29 is 19.4 Å². The third-order valence-electron chi connectivity index (χ3n) is 2.28. The van der Waals surface area contributed by atoms with Crippen molar-refractivity contribution in [1.29, 1.82) is 0 Å². The predicted molar refractivity (Wildman–Crippen MR) is 63.6 cm³/mol. The Hall–Kier alpha value is -1.75. The number of aliphatic hydroxyl groups is 1. The average Bonchev–Trinajstić information content (AvgIpc) is 2.37. The quantitative estimate of drug-likeness (QED) is 0.721. The van der Waals surface area contributed by atoms with E-state index in [-0.39, 0.29) is 12.5 Å². The average molecular weight is 239 g/mol. The molecule has 0 bridgehead atoms. The minimum Gasteiger partial charge on any atom is -0.496 e. The van der Waals surface area contributed by atoms with Crippen LogP contribution in [-0.4, -0.2) is 38.4 Å². The minimum atomic E-state index is -0.271. The number of hydrogen-bond donors (Lipinski definition) is 2. The van der Waals surface area contributed by atoms with Gasteiger partial charge in [-0.3, -0.25) is 4.79 Å². The number of benzene rings is 1. The molecule has 0 aliphatic rings. The first kappa shape index (κ1) is 13.3. The Morgan fingerprint density at radius 2 is 1.88 bits per heavy atom. The van der Waals surface area contributed by atoms with Gasteiger partial charge in [0.15, 0.2) is 0 Å². The zero-order chi connectivity index (χ0) is 12.7. The molecule has 0 atom stereocenters. The number of nitrogens with one attached hydrogen (secondary N) is 1. The molecule has 0 fully saturated rings. The lowest BCUT2D eigenvalue weighted by Gasteiger charge is -2.12. The van der Waals surface area contributed by atoms with E-state index in [9.17, 15) is 4.79 Å². The van der Waals surface area contributed by atoms with E-state index in [1.165, 1.54) is 14.2 Å². The summed E-state index contributed by atoms with van der Waals surface area (Å²) in [4.78, 5) is 11.9. The summed E-state index contributed by atoms with van der Waals surface area (Å²) in [6, 6.07) is 5.15. The van der Waals surface area contributed by atoms with Gasteiger partial charge in [-0.2, -0.15) is 0 Å². The van der Waals surface area contributed by atoms with E-state index < -0.39 is 0 Å². The molecule has 5 nitrogen and oxygen atoms in total. The first-order chi connectivity index (χ1) is 8.24. The maximum atomic E-state index is 11.9. The Labute approximate surface area is 100 Å². The molecular weight excluding hydrogens is 222 g/mol. The van der Waals surface area contributed by atoms with Gasteiger partial charge < -0.3 is 19.9 Å². The van der Waals surface area contributed by atoms with Crippen LogP contribution in [0.2, 0.25) is 0 Å². The molecule has 17 heavy (non-hydrogen) atoms. The van der Waals surface area contributed by atoms with Crippen LogP contribution < -0.4 is 14.8 Å². The molecule has 1 aromatic carbocycles. The number of carbonyl (C=O) groups is 1. The minimum absolute atomic E-state index is 0.0450. The maximum Gasteiger partial charge on any atom is 0.258 e. The van der Waals surface area contributed by atoms with Crippen LogP contribution in [0.25, 0.3) is 0 Å². The molecule has 0 saturated heterocycles. The first-order valence-corrected chi connectivity index (χ1v) is 5.34. The third-order valence-corrected chi connectivity index (χ3v) is 2.28. The zero-order valence-electron chi connectivity index (χ0n) is 10.0. The van der Waals surface area contributed by atoms with Crippen LogP contribution in [0.15, 0.2) is 18.2 Å². The van der Waals surface area contributed by atoms with E-state index in [0.717, 1.165) is 0 Å². The lowest BCUT2D eigenvalue weighted by Crippen LogP contribution is -2.26. The van der Waals surface area contributed by atoms with Crippen molar-refractivity contribution in [3.8, 4) is 11.5 Å². The van der Waals surface area contributed by atoms with E-state index in [2.05, 4.69) is 5.32 Å². The Bertz CT molecular complexity index is 357. The number of methoxy groups -OCH3 is 2. The van der Waals surface area contributed by atoms with Crippen LogP contribution in [0.3, 0.4) is 0 Å². The van der Waals surface area contributed by atoms with Gasteiger partial charge >= 0.3 is 0 Å². The lowest BCUT2D eigenvalue weighted by atomic mass is 10.1. The van der Waals surface area contributed by atoms with Crippen LogP contribution in [0.5, 0.6) is 11.5 Å². The number of hydrogen-bond acceptors (Lipinski definition) is 4. The molecular formula is C12H17NO4. The molecule has 94 valence electrons. The molecule has 0 radical (unpaired) electrons. The largest absolute Gasteiger partial charge is 0.496 e. The molecule has 5 heteroatoms. The van der Waals surface area contributed by atoms with Crippen molar-refractivity contribution in [3.05, 3.63) is 23.8 Å². The predicted octanol–water partition coefficient (Wildman–Crippen LogP) is 0.816. The monoisotopic (exact) mass is 239 g/mol. The summed E-state index contributed by atoms with van der Waals surface area (Å²) < 4.78 is 10.3. The first-order valence-electron chi connectivity index (χ1n) is 5.34. The fourth-order valence-electron chi connectivity index (χ4n) is 1.44. The smallest absolute Gasteiger partial charge is 0.258 e. The summed E-state index contributed by atoms with van der Waals surface area (Å²) in [7, 11) is 3.00. The van der Waals surface area contributed by atoms with Gasteiger partial charge in [-0.25, -0.2) is 0 Å². The van der Waals surface area contributed by atoms with Crippen molar-refractivity contribution in [2.45, 2.75) is 6.42 Å². The van der Waals surface area contributed by atoms with Gasteiger partial charge in [0, 0.05) is 13.2 Å². The third kappa shape index (κ3) is 3.35. The van der Waals surface area contributed by atoms with Crippen LogP contribution in [0, 0.1) is 0 Å². The Kier molecular flexibility index (Phi) is 5.29. The molecule has 1 rings (SSSR count). The second-order valence-electron chi connectivity index (χ2n) is 3.37. The lowest BCUT2D eigenvalue weighted by molar-refractivity contribution is 0.0945. The van der Waals surface area contributed by atoms with Crippen molar-refractivity contribution in [2.75, 3.05) is 27.4 Å². The SMILES string of the molecule is COc1cccc(OC)c1C(=O)NCCCO. The summed E-state index contributed by atoms with van der Waals surface area (Å²) in [5.74, 6) is 0.657. The van der Waals surface area contributed by atoms with Gasteiger partial charge in [-0.1, -0.05) is 6.07 Å². The van der Waals surface area contributed by atoms with Crippen molar-refractivity contribution in [3.63, 3.8) is 0 Å². The molecule has 0 unspecified atom stereocenters. The van der Waals surface area contributed by atoms with Gasteiger partial charge in [0.25, 0.3) is 5.91 Å². The summed E-state index contributed by atoms with van der Waals surface area (Å²) in [5.41, 5.74) is 0.371. The molecule has 1 amide bonds. The van der Waals surface area contributed by atoms with E-state index in [1.54, 1.807) is 18.2 Å². The Morgan fingerprint density at radius 1 is 1.29 bits per heavy atom. The second-order valence-corrected chi connectivity index (χ2v) is 3.37. The van der Waals surface area contributed by atoms with Gasteiger partial charge in [0.05, 0.1) is 14.2 Å². The van der Waals surface area contributed by atoms with Crippen LogP contribution in [0.4, 0.5) is 0 Å². The molecule has 0 aliphatic carbocycles. The molecule has 1 aromatic rings. The molecule has 0 saturated carbocycles. The van der Waals surface area contributed by atoms with Gasteiger partial charge in [-0.05, 0) is 18.6 Å². The van der Waals surface area contributed by atoms with Crippen LogP contribution in [-0.2, 0) is 0 Å². The highest BCUT2D eigenvalue weighted by Crippen LogP contribution is 2.27. The molecule has 0 aromatic heterocycles. The summed E-state index contributed by atoms with van der Waals surface area (Å²) in [6.07, 6.45) is 0.517. The van der Waals surface area contributed by atoms with Crippen molar-refractivity contribution in [2.24, 2.45) is 0 Å². The highest BCUT2D eigenvalue weighted by molar-refractivity contribution is 5.99. The molecule has 0 heterocycles. The second kappa shape index (κ2) is 6.75. The maximum absolute atomic E-state index is 11.9. The standard InChI is InChI=1S/C12H17NO4/c1-16-9-5-3-6-10(17-2)11(9)12(15)13-7-4-8-14/h3,5-6,14H,4,7-8H2,1-2H3,(H,13,15). The topological polar surface area (TPSA) is 67.8 Å². The Balaban J connectivity index is 2.89. The van der Waals surface area contributed by atoms with Crippen molar-refractivity contribution >= 4 is 5.91 Å². The van der Waals surface area contributed by atoms with E-state index in [0.29, 0.717) is 30.0 Å². The normalized spacial score (nSPS) is 9.82.